The van der Waals surface area contributed by atoms with Crippen molar-refractivity contribution >= 4 is 21.9 Å². The van der Waals surface area contributed by atoms with Gasteiger partial charge in [0, 0.05) is 33.4 Å². The molecule has 0 aliphatic carbocycles. The van der Waals surface area contributed by atoms with Gasteiger partial charge in [0.2, 0.25) is 0 Å². The Hall–Kier alpha value is -1.18. The maximum atomic E-state index is 13.5. The average Bonchev–Trinajstić information content (AvgIpc) is 3.10. The summed E-state index contributed by atoms with van der Waals surface area (Å²) in [6, 6.07) is 5.07. The molecule has 0 spiro atoms. The van der Waals surface area contributed by atoms with E-state index in [4.69, 9.17) is 9.47 Å². The van der Waals surface area contributed by atoms with Gasteiger partial charge in [0.05, 0.1) is 17.2 Å². The van der Waals surface area contributed by atoms with E-state index in [1.165, 1.54) is 6.07 Å². The summed E-state index contributed by atoms with van der Waals surface area (Å²) in [6.07, 6.45) is 3.41. The van der Waals surface area contributed by atoms with Crippen LogP contribution in [0.3, 0.4) is 0 Å². The van der Waals surface area contributed by atoms with Gasteiger partial charge in [-0.3, -0.25) is 4.99 Å². The summed E-state index contributed by atoms with van der Waals surface area (Å²) in [5, 5.41) is 6.38. The first-order valence-corrected chi connectivity index (χ1v) is 9.06. The van der Waals surface area contributed by atoms with Crippen molar-refractivity contribution in [3.05, 3.63) is 34.1 Å². The molecule has 1 aliphatic heterocycles. The molecule has 0 saturated carbocycles. The second kappa shape index (κ2) is 10.6. The number of hydrogen-bond donors (Lipinski definition) is 2. The largest absolute Gasteiger partial charge is 0.379 e. The molecule has 1 heterocycles. The lowest BCUT2D eigenvalue weighted by atomic mass is 10.2. The first-order valence-electron chi connectivity index (χ1n) is 8.27. The second-order valence-corrected chi connectivity index (χ2v) is 6.52. The van der Waals surface area contributed by atoms with E-state index in [0.29, 0.717) is 30.2 Å². The number of halogens is 2. The maximum absolute atomic E-state index is 13.5. The van der Waals surface area contributed by atoms with Gasteiger partial charge in [-0.25, -0.2) is 4.39 Å². The second-order valence-electron chi connectivity index (χ2n) is 5.66. The molecule has 1 atom stereocenters. The van der Waals surface area contributed by atoms with Crippen LogP contribution in [0.2, 0.25) is 0 Å². The van der Waals surface area contributed by atoms with Gasteiger partial charge in [-0.15, -0.1) is 0 Å². The van der Waals surface area contributed by atoms with Crippen molar-refractivity contribution in [3.63, 3.8) is 0 Å². The zero-order valence-electron chi connectivity index (χ0n) is 14.0. The van der Waals surface area contributed by atoms with Crippen LogP contribution in [-0.4, -0.2) is 45.5 Å². The Kier molecular flexibility index (Phi) is 8.49. The van der Waals surface area contributed by atoms with E-state index in [1.54, 1.807) is 13.1 Å². The first-order chi connectivity index (χ1) is 11.7. The topological polar surface area (TPSA) is 54.9 Å². The summed E-state index contributed by atoms with van der Waals surface area (Å²) in [7, 11) is 1.71. The molecular formula is C17H25BrFN3O2. The zero-order valence-corrected chi connectivity index (χ0v) is 15.6. The van der Waals surface area contributed by atoms with Crippen LogP contribution in [0.4, 0.5) is 4.39 Å². The minimum Gasteiger partial charge on any atom is -0.379 e. The van der Waals surface area contributed by atoms with Crippen molar-refractivity contribution in [3.8, 4) is 0 Å². The lowest BCUT2D eigenvalue weighted by Crippen LogP contribution is -2.37. The van der Waals surface area contributed by atoms with E-state index >= 15 is 0 Å². The normalized spacial score (nSPS) is 18.0. The molecule has 1 aromatic rings. The van der Waals surface area contributed by atoms with Gasteiger partial charge in [-0.05, 0) is 52.9 Å². The number of hydrogen-bond acceptors (Lipinski definition) is 3. The van der Waals surface area contributed by atoms with Crippen molar-refractivity contribution in [2.75, 3.05) is 33.4 Å². The molecule has 0 bridgehead atoms. The van der Waals surface area contributed by atoms with Crippen LogP contribution in [0.1, 0.15) is 24.8 Å². The highest BCUT2D eigenvalue weighted by molar-refractivity contribution is 9.10. The van der Waals surface area contributed by atoms with Crippen molar-refractivity contribution in [1.29, 1.82) is 0 Å². The predicted octanol–water partition coefficient (Wildman–Crippen LogP) is 2.84. The van der Waals surface area contributed by atoms with Crippen molar-refractivity contribution in [2.45, 2.75) is 31.9 Å². The number of guanidine groups is 1. The van der Waals surface area contributed by atoms with Gasteiger partial charge in [0.1, 0.15) is 5.82 Å². The maximum Gasteiger partial charge on any atom is 0.191 e. The van der Waals surface area contributed by atoms with Gasteiger partial charge in [0.25, 0.3) is 0 Å². The Morgan fingerprint density at radius 3 is 3.04 bits per heavy atom. The fourth-order valence-electron chi connectivity index (χ4n) is 2.43. The zero-order chi connectivity index (χ0) is 17.2. The van der Waals surface area contributed by atoms with Gasteiger partial charge >= 0.3 is 0 Å². The Labute approximate surface area is 151 Å². The monoisotopic (exact) mass is 401 g/mol. The number of aliphatic imine (C=N–C) groups is 1. The van der Waals surface area contributed by atoms with Gasteiger partial charge in [-0.1, -0.05) is 6.07 Å². The van der Waals surface area contributed by atoms with Crippen LogP contribution in [0, 0.1) is 5.82 Å². The third kappa shape index (κ3) is 6.75. The number of ether oxygens (including phenoxy) is 2. The minimum atomic E-state index is -0.263. The predicted molar refractivity (Wildman–Crippen MR) is 96.7 cm³/mol. The minimum absolute atomic E-state index is 0.263. The molecule has 1 fully saturated rings. The lowest BCUT2D eigenvalue weighted by molar-refractivity contribution is 0.0168. The molecule has 1 unspecified atom stereocenters. The smallest absolute Gasteiger partial charge is 0.191 e. The molecule has 7 heteroatoms. The van der Waals surface area contributed by atoms with E-state index in [0.717, 1.165) is 38.0 Å². The number of nitrogens with zero attached hydrogens (tertiary/aromatic N) is 1. The van der Waals surface area contributed by atoms with E-state index in [1.807, 2.05) is 6.07 Å². The van der Waals surface area contributed by atoms with E-state index in [2.05, 4.69) is 31.6 Å². The van der Waals surface area contributed by atoms with Crippen LogP contribution in [0.15, 0.2) is 27.7 Å². The fourth-order valence-corrected chi connectivity index (χ4v) is 2.67. The molecule has 0 aromatic heterocycles. The van der Waals surface area contributed by atoms with Gasteiger partial charge in [-0.2, -0.15) is 0 Å². The highest BCUT2D eigenvalue weighted by atomic mass is 79.9. The molecule has 1 saturated heterocycles. The quantitative estimate of drug-likeness (QED) is 0.399. The third-order valence-electron chi connectivity index (χ3n) is 3.75. The standard InChI is InChI=1S/C17H25BrFN3O2/c1-20-17(22-11-13-5-6-15(18)16(19)10-13)21-7-3-8-23-12-14-4-2-9-24-14/h5-6,10,14H,2-4,7-9,11-12H2,1H3,(H2,20,21,22). The molecule has 24 heavy (non-hydrogen) atoms. The van der Waals surface area contributed by atoms with Crippen molar-refractivity contribution < 1.29 is 13.9 Å². The van der Waals surface area contributed by atoms with Crippen LogP contribution >= 0.6 is 15.9 Å². The third-order valence-corrected chi connectivity index (χ3v) is 4.40. The van der Waals surface area contributed by atoms with Gasteiger partial charge in [0.15, 0.2) is 5.96 Å². The van der Waals surface area contributed by atoms with Crippen LogP contribution < -0.4 is 10.6 Å². The van der Waals surface area contributed by atoms with Crippen molar-refractivity contribution in [2.24, 2.45) is 4.99 Å². The highest BCUT2D eigenvalue weighted by Crippen LogP contribution is 2.16. The van der Waals surface area contributed by atoms with Crippen LogP contribution in [0.25, 0.3) is 0 Å². The molecule has 5 nitrogen and oxygen atoms in total. The summed E-state index contributed by atoms with van der Waals surface area (Å²) in [5.74, 6) is 0.429. The van der Waals surface area contributed by atoms with E-state index in [9.17, 15) is 4.39 Å². The SMILES string of the molecule is CN=C(NCCCOCC1CCCO1)NCc1ccc(Br)c(F)c1. The molecule has 2 N–H and O–H groups in total. The highest BCUT2D eigenvalue weighted by Gasteiger charge is 2.14. The van der Waals surface area contributed by atoms with Crippen LogP contribution in [0.5, 0.6) is 0 Å². The molecular weight excluding hydrogens is 377 g/mol. The summed E-state index contributed by atoms with van der Waals surface area (Å²) in [6.45, 7) is 3.52. The van der Waals surface area contributed by atoms with E-state index < -0.39 is 0 Å². The molecule has 1 aromatic carbocycles. The van der Waals surface area contributed by atoms with E-state index in [-0.39, 0.29) is 11.9 Å². The Morgan fingerprint density at radius 1 is 1.46 bits per heavy atom. The Morgan fingerprint density at radius 2 is 2.33 bits per heavy atom. The summed E-state index contributed by atoms with van der Waals surface area (Å²) >= 11 is 3.15. The Bertz CT molecular complexity index is 537. The van der Waals surface area contributed by atoms with Crippen molar-refractivity contribution in [1.82, 2.24) is 10.6 Å². The Balaban J connectivity index is 1.57. The molecule has 134 valence electrons. The van der Waals surface area contributed by atoms with Crippen LogP contribution in [-0.2, 0) is 16.0 Å². The fraction of sp³-hybridized carbons (Fsp3) is 0.588. The molecule has 0 radical (unpaired) electrons. The first kappa shape index (κ1) is 19.1. The summed E-state index contributed by atoms with van der Waals surface area (Å²) in [4.78, 5) is 4.15. The molecule has 1 aliphatic rings. The number of rotatable bonds is 8. The molecule has 2 rings (SSSR count). The number of nitrogens with one attached hydrogen (secondary N) is 2. The average molecular weight is 402 g/mol. The summed E-state index contributed by atoms with van der Waals surface area (Å²) < 4.78 is 25.1. The molecule has 0 amide bonds. The lowest BCUT2D eigenvalue weighted by Gasteiger charge is -2.13. The number of benzene rings is 1. The summed E-state index contributed by atoms with van der Waals surface area (Å²) in [5.41, 5.74) is 0.860. The van der Waals surface area contributed by atoms with Gasteiger partial charge < -0.3 is 20.1 Å².